The fourth-order valence-electron chi connectivity index (χ4n) is 2.65. The highest BCUT2D eigenvalue weighted by atomic mass is 32.2. The number of rotatable bonds is 5. The maximum absolute atomic E-state index is 12.1. The van der Waals surface area contributed by atoms with Gasteiger partial charge in [0.05, 0.1) is 5.69 Å². The van der Waals surface area contributed by atoms with E-state index in [1.165, 1.54) is 11.8 Å². The molecule has 0 radical (unpaired) electrons. The lowest BCUT2D eigenvalue weighted by Gasteiger charge is -2.14. The molecule has 0 bridgehead atoms. The van der Waals surface area contributed by atoms with Crippen molar-refractivity contribution in [2.24, 2.45) is 0 Å². The molecule has 3 rings (SSSR count). The third-order valence-electron chi connectivity index (χ3n) is 3.95. The lowest BCUT2D eigenvalue weighted by Crippen LogP contribution is -2.27. The van der Waals surface area contributed by atoms with Crippen molar-refractivity contribution in [3.8, 4) is 11.3 Å². The second-order valence-electron chi connectivity index (χ2n) is 5.54. The van der Waals surface area contributed by atoms with E-state index < -0.39 is 0 Å². The molecule has 1 aliphatic rings. The molecular formula is C17H19N3O2S. The minimum absolute atomic E-state index is 0.112. The third kappa shape index (κ3) is 3.64. The van der Waals surface area contributed by atoms with Crippen molar-refractivity contribution in [2.75, 3.05) is 18.8 Å². The van der Waals surface area contributed by atoms with Crippen molar-refractivity contribution in [3.05, 3.63) is 46.2 Å². The molecule has 5 nitrogen and oxygen atoms in total. The van der Waals surface area contributed by atoms with Crippen LogP contribution in [0.4, 0.5) is 0 Å². The standard InChI is InChI=1S/C17H19N3O2S/c1-12-15(13-6-3-2-4-7-13)18-17(19-16(12)22)23-11-10-20-9-5-8-14(20)21/h2-4,6-7H,5,8-11H2,1H3,(H,18,19,22). The number of carbonyl (C=O) groups is 1. The Balaban J connectivity index is 1.74. The summed E-state index contributed by atoms with van der Waals surface area (Å²) in [5.41, 5.74) is 2.16. The number of H-pyrrole nitrogens is 1. The number of nitrogens with one attached hydrogen (secondary N) is 1. The van der Waals surface area contributed by atoms with Crippen LogP contribution in [-0.2, 0) is 4.79 Å². The summed E-state index contributed by atoms with van der Waals surface area (Å²) in [6.07, 6.45) is 1.60. The normalized spacial score (nSPS) is 14.5. The van der Waals surface area contributed by atoms with Gasteiger partial charge in [0, 0.05) is 36.4 Å². The van der Waals surface area contributed by atoms with Crippen LogP contribution in [0.15, 0.2) is 40.3 Å². The third-order valence-corrected chi connectivity index (χ3v) is 4.80. The van der Waals surface area contributed by atoms with Crippen molar-refractivity contribution < 1.29 is 4.79 Å². The zero-order valence-corrected chi connectivity index (χ0v) is 13.9. The van der Waals surface area contributed by atoms with Crippen molar-refractivity contribution >= 4 is 17.7 Å². The van der Waals surface area contributed by atoms with Crippen molar-refractivity contribution in [3.63, 3.8) is 0 Å². The van der Waals surface area contributed by atoms with Gasteiger partial charge in [0.2, 0.25) is 5.91 Å². The monoisotopic (exact) mass is 329 g/mol. The zero-order chi connectivity index (χ0) is 16.2. The Labute approximate surface area is 139 Å². The van der Waals surface area contributed by atoms with Gasteiger partial charge >= 0.3 is 0 Å². The summed E-state index contributed by atoms with van der Waals surface area (Å²) in [4.78, 5) is 33.0. The number of aromatic nitrogens is 2. The molecular weight excluding hydrogens is 310 g/mol. The van der Waals surface area contributed by atoms with Crippen LogP contribution >= 0.6 is 11.8 Å². The Morgan fingerprint density at radius 1 is 1.26 bits per heavy atom. The molecule has 1 amide bonds. The molecule has 2 aromatic rings. The number of aromatic amines is 1. The molecule has 0 saturated carbocycles. The molecule has 0 atom stereocenters. The Bertz CT molecular complexity index is 758. The number of thioether (sulfide) groups is 1. The fraction of sp³-hybridized carbons (Fsp3) is 0.353. The Morgan fingerprint density at radius 3 is 2.74 bits per heavy atom. The van der Waals surface area contributed by atoms with Crippen LogP contribution in [-0.4, -0.2) is 39.6 Å². The first-order valence-electron chi connectivity index (χ1n) is 7.72. The zero-order valence-electron chi connectivity index (χ0n) is 13.0. The summed E-state index contributed by atoms with van der Waals surface area (Å²) in [5, 5.41) is 0.603. The first-order valence-corrected chi connectivity index (χ1v) is 8.70. The van der Waals surface area contributed by atoms with Gasteiger partial charge in [-0.2, -0.15) is 0 Å². The van der Waals surface area contributed by atoms with Crippen molar-refractivity contribution in [2.45, 2.75) is 24.9 Å². The molecule has 1 aromatic carbocycles. The number of carbonyl (C=O) groups excluding carboxylic acids is 1. The van der Waals surface area contributed by atoms with Gasteiger partial charge in [-0.05, 0) is 13.3 Å². The molecule has 2 heterocycles. The minimum Gasteiger partial charge on any atom is -0.342 e. The first kappa shape index (κ1) is 15.8. The molecule has 0 aliphatic carbocycles. The predicted molar refractivity (Wildman–Crippen MR) is 91.6 cm³/mol. The molecule has 1 N–H and O–H groups in total. The number of likely N-dealkylation sites (tertiary alicyclic amines) is 1. The van der Waals surface area contributed by atoms with Crippen LogP contribution < -0.4 is 5.56 Å². The van der Waals surface area contributed by atoms with Crippen LogP contribution in [0, 0.1) is 6.92 Å². The number of benzene rings is 1. The van der Waals surface area contributed by atoms with Gasteiger partial charge < -0.3 is 9.88 Å². The molecule has 0 unspecified atom stereocenters. The molecule has 1 saturated heterocycles. The molecule has 1 aliphatic heterocycles. The Kier molecular flexibility index (Phi) is 4.81. The van der Waals surface area contributed by atoms with Crippen LogP contribution in [0.1, 0.15) is 18.4 Å². The first-order chi connectivity index (χ1) is 11.1. The summed E-state index contributed by atoms with van der Waals surface area (Å²) in [6.45, 7) is 3.32. The highest BCUT2D eigenvalue weighted by Crippen LogP contribution is 2.22. The molecule has 120 valence electrons. The average Bonchev–Trinajstić information content (AvgIpc) is 2.97. The van der Waals surface area contributed by atoms with Crippen molar-refractivity contribution in [1.82, 2.24) is 14.9 Å². The topological polar surface area (TPSA) is 66.1 Å². The van der Waals surface area contributed by atoms with E-state index in [0.29, 0.717) is 29.4 Å². The largest absolute Gasteiger partial charge is 0.342 e. The van der Waals surface area contributed by atoms with Gasteiger partial charge in [-0.15, -0.1) is 0 Å². The van der Waals surface area contributed by atoms with E-state index in [1.54, 1.807) is 6.92 Å². The van der Waals surface area contributed by atoms with Gasteiger partial charge in [-0.1, -0.05) is 42.1 Å². The second kappa shape index (κ2) is 7.00. The van der Waals surface area contributed by atoms with Crippen LogP contribution in [0.25, 0.3) is 11.3 Å². The number of nitrogens with zero attached hydrogens (tertiary/aromatic N) is 2. The van der Waals surface area contributed by atoms with E-state index in [2.05, 4.69) is 9.97 Å². The fourth-order valence-corrected chi connectivity index (χ4v) is 3.48. The number of amides is 1. The lowest BCUT2D eigenvalue weighted by atomic mass is 10.1. The van der Waals surface area contributed by atoms with Crippen LogP contribution in [0.5, 0.6) is 0 Å². The maximum Gasteiger partial charge on any atom is 0.255 e. The highest BCUT2D eigenvalue weighted by molar-refractivity contribution is 7.99. The summed E-state index contributed by atoms with van der Waals surface area (Å²) >= 11 is 1.48. The highest BCUT2D eigenvalue weighted by Gasteiger charge is 2.19. The number of hydrogen-bond donors (Lipinski definition) is 1. The van der Waals surface area contributed by atoms with Gasteiger partial charge in [-0.3, -0.25) is 9.59 Å². The summed E-state index contributed by atoms with van der Waals surface area (Å²) < 4.78 is 0. The van der Waals surface area contributed by atoms with Gasteiger partial charge in [-0.25, -0.2) is 4.98 Å². The molecule has 1 fully saturated rings. The minimum atomic E-state index is -0.112. The lowest BCUT2D eigenvalue weighted by molar-refractivity contribution is -0.127. The quantitative estimate of drug-likeness (QED) is 0.676. The van der Waals surface area contributed by atoms with Crippen molar-refractivity contribution in [1.29, 1.82) is 0 Å². The Hall–Kier alpha value is -2.08. The molecule has 6 heteroatoms. The smallest absolute Gasteiger partial charge is 0.255 e. The van der Waals surface area contributed by atoms with E-state index in [0.717, 1.165) is 24.3 Å². The van der Waals surface area contributed by atoms with Crippen LogP contribution in [0.3, 0.4) is 0 Å². The van der Waals surface area contributed by atoms with E-state index >= 15 is 0 Å². The average molecular weight is 329 g/mol. The maximum atomic E-state index is 12.1. The second-order valence-corrected chi connectivity index (χ2v) is 6.63. The summed E-state index contributed by atoms with van der Waals surface area (Å²) in [7, 11) is 0. The van der Waals surface area contributed by atoms with E-state index in [9.17, 15) is 9.59 Å². The summed E-state index contributed by atoms with van der Waals surface area (Å²) in [6, 6.07) is 9.71. The van der Waals surface area contributed by atoms with E-state index in [4.69, 9.17) is 0 Å². The van der Waals surface area contributed by atoms with Gasteiger partial charge in [0.1, 0.15) is 0 Å². The predicted octanol–water partition coefficient (Wildman–Crippen LogP) is 2.46. The SMILES string of the molecule is Cc1c(-c2ccccc2)nc(SCCN2CCCC2=O)[nH]c1=O. The molecule has 0 spiro atoms. The van der Waals surface area contributed by atoms with Crippen LogP contribution in [0.2, 0.25) is 0 Å². The van der Waals surface area contributed by atoms with E-state index in [1.807, 2.05) is 35.2 Å². The Morgan fingerprint density at radius 2 is 2.04 bits per heavy atom. The van der Waals surface area contributed by atoms with E-state index in [-0.39, 0.29) is 11.5 Å². The molecule has 1 aromatic heterocycles. The summed E-state index contributed by atoms with van der Waals surface area (Å²) in [5.74, 6) is 0.951. The number of hydrogen-bond acceptors (Lipinski definition) is 4. The molecule has 23 heavy (non-hydrogen) atoms. The van der Waals surface area contributed by atoms with Gasteiger partial charge in [0.25, 0.3) is 5.56 Å². The van der Waals surface area contributed by atoms with Gasteiger partial charge in [0.15, 0.2) is 5.16 Å².